The fraction of sp³-hybridized carbons (Fsp3) is 0.273. The number of fused-ring (bicyclic) bond motifs is 4. The Hall–Kier alpha value is -6.42. The van der Waals surface area contributed by atoms with Crippen LogP contribution >= 0.6 is 0 Å². The summed E-state index contributed by atoms with van der Waals surface area (Å²) in [7, 11) is 0. The average Bonchev–Trinajstić information content (AvgIpc) is 3.89. The van der Waals surface area contributed by atoms with Crippen LogP contribution in [0.5, 0.6) is 11.5 Å². The molecule has 0 bridgehead atoms. The van der Waals surface area contributed by atoms with E-state index in [9.17, 15) is 0 Å². The van der Waals surface area contributed by atoms with Gasteiger partial charge in [-0.2, -0.15) is 0 Å². The van der Waals surface area contributed by atoms with E-state index in [1.165, 1.54) is 27.8 Å². The fourth-order valence-electron chi connectivity index (χ4n) is 10.1. The molecule has 6 heteroatoms. The van der Waals surface area contributed by atoms with E-state index in [4.69, 9.17) is 9.72 Å². The maximum atomic E-state index is 7.23. The van der Waals surface area contributed by atoms with E-state index < -0.39 is 5.41 Å². The van der Waals surface area contributed by atoms with Crippen LogP contribution in [0.15, 0.2) is 164 Å². The predicted molar refractivity (Wildman–Crippen MR) is 297 cm³/mol. The van der Waals surface area contributed by atoms with Crippen molar-refractivity contribution < 1.29 is 25.8 Å². The summed E-state index contributed by atoms with van der Waals surface area (Å²) in [5.41, 5.74) is 13.7. The number of hydrogen-bond donors (Lipinski definition) is 0. The van der Waals surface area contributed by atoms with Crippen molar-refractivity contribution in [2.75, 3.05) is 9.80 Å². The average molecular weight is 1130 g/mol. The van der Waals surface area contributed by atoms with E-state index in [1.807, 2.05) is 6.20 Å². The summed E-state index contributed by atoms with van der Waals surface area (Å²) >= 11 is 0. The normalized spacial score (nSPS) is 13.4. The predicted octanol–water partition coefficient (Wildman–Crippen LogP) is 17.5. The molecule has 0 aliphatic carbocycles. The van der Waals surface area contributed by atoms with E-state index >= 15 is 0 Å². The van der Waals surface area contributed by atoms with Gasteiger partial charge in [0.1, 0.15) is 5.82 Å². The monoisotopic (exact) mass is 1130 g/mol. The van der Waals surface area contributed by atoms with Gasteiger partial charge >= 0.3 is 0 Å². The van der Waals surface area contributed by atoms with Crippen molar-refractivity contribution in [2.45, 2.75) is 117 Å². The van der Waals surface area contributed by atoms with Gasteiger partial charge in [-0.25, -0.2) is 4.98 Å². The zero-order chi connectivity index (χ0) is 50.3. The third-order valence-electron chi connectivity index (χ3n) is 14.8. The van der Waals surface area contributed by atoms with Gasteiger partial charge in [-0.3, -0.25) is 0 Å². The van der Waals surface area contributed by atoms with Crippen LogP contribution < -0.4 is 14.5 Å². The molecule has 1 aliphatic heterocycles. The number of aromatic nitrogens is 2. The Balaban J connectivity index is 0.00000640. The third kappa shape index (κ3) is 9.30. The molecular weight excluding hydrogens is 1060 g/mol. The van der Waals surface area contributed by atoms with Crippen molar-refractivity contribution in [1.82, 2.24) is 9.55 Å². The Morgan fingerprint density at radius 2 is 1.07 bits per heavy atom. The van der Waals surface area contributed by atoms with E-state index in [0.29, 0.717) is 11.5 Å². The Kier molecular flexibility index (Phi) is 13.0. The number of ether oxygens (including phenoxy) is 1. The van der Waals surface area contributed by atoms with Crippen molar-refractivity contribution in [3.63, 3.8) is 0 Å². The fourth-order valence-corrected chi connectivity index (χ4v) is 10.1. The minimum absolute atomic E-state index is 0. The van der Waals surface area contributed by atoms with Gasteiger partial charge < -0.3 is 19.1 Å². The maximum absolute atomic E-state index is 7.23. The summed E-state index contributed by atoms with van der Waals surface area (Å²) in [4.78, 5) is 9.66. The number of anilines is 4. The van der Waals surface area contributed by atoms with Crippen LogP contribution in [-0.4, -0.2) is 9.55 Å². The molecule has 9 aromatic rings. The van der Waals surface area contributed by atoms with Crippen molar-refractivity contribution in [3.8, 4) is 17.3 Å². The minimum Gasteiger partial charge on any atom is -0.509 e. The molecule has 0 unspecified atom stereocenters. The van der Waals surface area contributed by atoms with Crippen molar-refractivity contribution in [3.05, 3.63) is 222 Å². The molecule has 0 fully saturated rings. The van der Waals surface area contributed by atoms with Crippen LogP contribution in [0.3, 0.4) is 0 Å². The summed E-state index contributed by atoms with van der Waals surface area (Å²) in [5.74, 6) is 2.08. The SMILES string of the molecule is CC(C)(C)c1cc(Oc2[c-]c3c(c(C(C)(C)c4ccccc4)c2)c2ccccc2n3-c2cc(C(C)(C)C)ccn2)[c-]c(N2[CH-]N(c3cccc(C(C)(C)c4ccccc4)c3)c3ccc(C(C)(C)C)cc32)c1.[Pt]. The van der Waals surface area contributed by atoms with Crippen LogP contribution in [0, 0.1) is 18.8 Å². The van der Waals surface area contributed by atoms with E-state index in [2.05, 4.69) is 281 Å². The Bertz CT molecular complexity index is 3440. The Morgan fingerprint density at radius 1 is 0.472 bits per heavy atom. The molecule has 370 valence electrons. The van der Waals surface area contributed by atoms with E-state index in [-0.39, 0.29) is 42.7 Å². The molecule has 0 spiro atoms. The molecule has 7 aromatic carbocycles. The first-order valence-electron chi connectivity index (χ1n) is 25.1. The molecule has 0 saturated carbocycles. The molecule has 2 aromatic heterocycles. The molecule has 5 nitrogen and oxygen atoms in total. The molecule has 0 N–H and O–H groups in total. The van der Waals surface area contributed by atoms with Crippen LogP contribution in [0.2, 0.25) is 0 Å². The van der Waals surface area contributed by atoms with Crippen molar-refractivity contribution in [1.29, 1.82) is 0 Å². The minimum atomic E-state index is -0.416. The van der Waals surface area contributed by atoms with Gasteiger partial charge in [0, 0.05) is 66.8 Å². The Labute approximate surface area is 443 Å². The standard InChI is InChI=1S/C66H67N4O.Pt/c1-62(2,3)46-31-32-57-58(38-46)69(43-68(57)50-28-22-27-48(35-50)65(10,11)44-23-16-14-17-24-44)51-36-49(64(7,8)9)37-52(40-51)71-53-41-55(66(12,13)45-25-18-15-19-26-45)61-54-29-20-21-30-56(54)70(59(61)42-53)60-39-47(33-34-67-60)63(4,5)6;/h14-39,41,43H,1-13H3;/q-3;. The molecular formula is C66H67N4OPt-3. The van der Waals surface area contributed by atoms with Crippen LogP contribution in [0.4, 0.5) is 22.7 Å². The first kappa shape index (κ1) is 50.5. The zero-order valence-electron chi connectivity index (χ0n) is 44.2. The van der Waals surface area contributed by atoms with Gasteiger partial charge in [0.15, 0.2) is 0 Å². The molecule has 0 atom stereocenters. The topological polar surface area (TPSA) is 33.5 Å². The maximum Gasteiger partial charge on any atom is 0.135 e. The summed E-state index contributed by atoms with van der Waals surface area (Å²) < 4.78 is 9.50. The van der Waals surface area contributed by atoms with Crippen molar-refractivity contribution >= 4 is 44.6 Å². The second kappa shape index (κ2) is 18.6. The van der Waals surface area contributed by atoms with Gasteiger partial charge in [0.25, 0.3) is 0 Å². The second-order valence-corrected chi connectivity index (χ2v) is 23.6. The quantitative estimate of drug-likeness (QED) is 0.135. The Morgan fingerprint density at radius 3 is 1.74 bits per heavy atom. The first-order chi connectivity index (χ1) is 33.6. The second-order valence-electron chi connectivity index (χ2n) is 23.6. The summed E-state index contributed by atoms with van der Waals surface area (Å²) in [5, 5.41) is 2.28. The first-order valence-corrected chi connectivity index (χ1v) is 25.1. The zero-order valence-corrected chi connectivity index (χ0v) is 46.5. The molecule has 0 radical (unpaired) electrons. The molecule has 72 heavy (non-hydrogen) atoms. The summed E-state index contributed by atoms with van der Waals surface area (Å²) in [6.07, 6.45) is 1.93. The van der Waals surface area contributed by atoms with Gasteiger partial charge in [0.05, 0.1) is 0 Å². The van der Waals surface area contributed by atoms with Gasteiger partial charge in [-0.05, 0) is 97.3 Å². The van der Waals surface area contributed by atoms with E-state index in [1.54, 1.807) is 0 Å². The molecule has 1 aliphatic rings. The molecule has 10 rings (SSSR count). The van der Waals surface area contributed by atoms with Gasteiger partial charge in [-0.1, -0.05) is 198 Å². The van der Waals surface area contributed by atoms with Crippen molar-refractivity contribution in [2.24, 2.45) is 0 Å². The third-order valence-corrected chi connectivity index (χ3v) is 14.8. The molecule has 0 saturated heterocycles. The van der Waals surface area contributed by atoms with E-state index in [0.717, 1.165) is 61.5 Å². The van der Waals surface area contributed by atoms with Crippen LogP contribution in [-0.2, 0) is 48.1 Å². The van der Waals surface area contributed by atoms with Gasteiger partial charge in [0.2, 0.25) is 0 Å². The number of hydrogen-bond acceptors (Lipinski definition) is 4. The van der Waals surface area contributed by atoms with Gasteiger partial charge in [-0.15, -0.1) is 53.8 Å². The molecule has 3 heterocycles. The largest absolute Gasteiger partial charge is 0.509 e. The smallest absolute Gasteiger partial charge is 0.135 e. The van der Waals surface area contributed by atoms with Crippen LogP contribution in [0.25, 0.3) is 27.6 Å². The summed E-state index contributed by atoms with van der Waals surface area (Å²) in [6.45, 7) is 31.8. The number of para-hydroxylation sites is 1. The number of rotatable bonds is 9. The number of pyridine rings is 1. The summed E-state index contributed by atoms with van der Waals surface area (Å²) in [6, 6.07) is 64.8. The molecule has 0 amide bonds. The van der Waals surface area contributed by atoms with Crippen LogP contribution in [0.1, 0.15) is 129 Å². The number of benzene rings is 7. The number of nitrogens with zero attached hydrogens (tertiary/aromatic N) is 4.